The lowest BCUT2D eigenvalue weighted by Crippen LogP contribution is -2.48. The summed E-state index contributed by atoms with van der Waals surface area (Å²) in [6, 6.07) is 6.96. The highest BCUT2D eigenvalue weighted by Crippen LogP contribution is 2.33. The second kappa shape index (κ2) is 9.47. The van der Waals surface area contributed by atoms with Gasteiger partial charge in [0.25, 0.3) is 5.91 Å². The molecule has 2 aromatic rings. The minimum atomic E-state index is -0.0366. The van der Waals surface area contributed by atoms with E-state index in [1.807, 2.05) is 23.6 Å². The van der Waals surface area contributed by atoms with Crippen molar-refractivity contribution >= 4 is 23.6 Å². The number of aromatic nitrogens is 2. The Balaban J connectivity index is 1.45. The van der Waals surface area contributed by atoms with Crippen LogP contribution in [0, 0.1) is 0 Å². The van der Waals surface area contributed by atoms with Crippen LogP contribution in [0.4, 0.5) is 11.8 Å². The molecule has 8 nitrogen and oxygen atoms in total. The third-order valence-corrected chi connectivity index (χ3v) is 7.64. The molecule has 8 heteroatoms. The molecule has 2 amide bonds. The zero-order valence-electron chi connectivity index (χ0n) is 21.3. The number of carbonyl (C=O) groups excluding carboxylic acids is 2. The molecule has 1 saturated heterocycles. The maximum atomic E-state index is 13.2. The molecular formula is C27H36N6O2. The van der Waals surface area contributed by atoms with E-state index in [-0.39, 0.29) is 23.9 Å². The lowest BCUT2D eigenvalue weighted by Gasteiger charge is -2.34. The third-order valence-electron chi connectivity index (χ3n) is 7.64. The van der Waals surface area contributed by atoms with Gasteiger partial charge < -0.3 is 20.0 Å². The number of benzene rings is 1. The van der Waals surface area contributed by atoms with E-state index in [4.69, 9.17) is 9.97 Å². The normalized spacial score (nSPS) is 18.5. The molecule has 186 valence electrons. The quantitative estimate of drug-likeness (QED) is 0.711. The monoisotopic (exact) mass is 476 g/mol. The molecule has 3 aliphatic rings. The van der Waals surface area contributed by atoms with Gasteiger partial charge in [0.2, 0.25) is 11.9 Å². The first-order valence-electron chi connectivity index (χ1n) is 12.9. The summed E-state index contributed by atoms with van der Waals surface area (Å²) in [5, 5.41) is 3.63. The van der Waals surface area contributed by atoms with Gasteiger partial charge in [0.15, 0.2) is 0 Å². The van der Waals surface area contributed by atoms with Crippen molar-refractivity contribution in [1.82, 2.24) is 19.8 Å². The predicted molar refractivity (Wildman–Crippen MR) is 137 cm³/mol. The van der Waals surface area contributed by atoms with Crippen molar-refractivity contribution in [3.8, 4) is 0 Å². The molecule has 1 aromatic carbocycles. The van der Waals surface area contributed by atoms with E-state index < -0.39 is 0 Å². The van der Waals surface area contributed by atoms with Crippen LogP contribution in [0.25, 0.3) is 0 Å². The van der Waals surface area contributed by atoms with E-state index in [2.05, 4.69) is 35.3 Å². The Kier molecular flexibility index (Phi) is 6.38. The standard InChI is InChI=1S/C27H36N6O2/c1-17(2)33-16-23-24(26(33)35)29-27(32-13-11-31(12-14-32)19(4)34)30-25(23)28-18(3)21-10-9-20-7-5-6-8-22(20)15-21/h9-10,15,17-18H,5-8,11-14,16H2,1-4H3,(H,28,29,30)/t18-/m1/s1. The highest BCUT2D eigenvalue weighted by atomic mass is 16.2. The highest BCUT2D eigenvalue weighted by Gasteiger charge is 2.35. The van der Waals surface area contributed by atoms with Crippen LogP contribution in [0.15, 0.2) is 18.2 Å². The summed E-state index contributed by atoms with van der Waals surface area (Å²) in [6.45, 7) is 10.9. The van der Waals surface area contributed by atoms with Gasteiger partial charge in [0, 0.05) is 50.7 Å². The van der Waals surface area contributed by atoms with Gasteiger partial charge in [-0.15, -0.1) is 0 Å². The maximum absolute atomic E-state index is 13.2. The van der Waals surface area contributed by atoms with Gasteiger partial charge in [-0.3, -0.25) is 9.59 Å². The number of nitrogens with one attached hydrogen (secondary N) is 1. The summed E-state index contributed by atoms with van der Waals surface area (Å²) >= 11 is 0. The fraction of sp³-hybridized carbons (Fsp3) is 0.556. The largest absolute Gasteiger partial charge is 0.363 e. The van der Waals surface area contributed by atoms with E-state index in [1.54, 1.807) is 6.92 Å². The molecule has 1 atom stereocenters. The molecule has 3 heterocycles. The Morgan fingerprint density at radius 3 is 2.40 bits per heavy atom. The van der Waals surface area contributed by atoms with Crippen molar-refractivity contribution in [2.24, 2.45) is 0 Å². The van der Waals surface area contributed by atoms with Gasteiger partial charge in [0.1, 0.15) is 11.5 Å². The lowest BCUT2D eigenvalue weighted by atomic mass is 9.89. The number of carbonyl (C=O) groups is 2. The first kappa shape index (κ1) is 23.6. The molecule has 0 saturated carbocycles. The Morgan fingerprint density at radius 2 is 1.71 bits per heavy atom. The van der Waals surface area contributed by atoms with Crippen molar-refractivity contribution < 1.29 is 9.59 Å². The molecule has 35 heavy (non-hydrogen) atoms. The first-order valence-corrected chi connectivity index (χ1v) is 12.9. The van der Waals surface area contributed by atoms with E-state index in [1.165, 1.54) is 36.0 Å². The number of anilines is 2. The lowest BCUT2D eigenvalue weighted by molar-refractivity contribution is -0.129. The van der Waals surface area contributed by atoms with Crippen LogP contribution in [0.2, 0.25) is 0 Å². The minimum absolute atomic E-state index is 0.0366. The molecule has 1 aliphatic carbocycles. The zero-order chi connectivity index (χ0) is 24.7. The molecule has 1 N–H and O–H groups in total. The summed E-state index contributed by atoms with van der Waals surface area (Å²) in [7, 11) is 0. The van der Waals surface area contributed by atoms with Crippen molar-refractivity contribution in [2.75, 3.05) is 36.4 Å². The molecule has 0 spiro atoms. The number of piperazine rings is 1. The molecule has 0 radical (unpaired) electrons. The summed E-state index contributed by atoms with van der Waals surface area (Å²) in [5.74, 6) is 1.35. The van der Waals surface area contributed by atoms with Crippen LogP contribution >= 0.6 is 0 Å². The van der Waals surface area contributed by atoms with E-state index in [0.717, 1.165) is 17.8 Å². The van der Waals surface area contributed by atoms with Crippen LogP contribution in [-0.2, 0) is 24.2 Å². The number of nitrogens with zero attached hydrogens (tertiary/aromatic N) is 5. The second-order valence-corrected chi connectivity index (χ2v) is 10.3. The van der Waals surface area contributed by atoms with Crippen LogP contribution in [-0.4, -0.2) is 63.8 Å². The Bertz CT molecular complexity index is 1140. The summed E-state index contributed by atoms with van der Waals surface area (Å²) in [5.41, 5.74) is 5.54. The topological polar surface area (TPSA) is 81.7 Å². The SMILES string of the molecule is CC(=O)N1CCN(c2nc(N[C@H](C)c3ccc4c(c3)CCCC4)c3c(n2)C(=O)N(C(C)C)C3)CC1. The maximum Gasteiger partial charge on any atom is 0.273 e. The van der Waals surface area contributed by atoms with Crippen LogP contribution in [0.1, 0.15) is 79.3 Å². The molecule has 5 rings (SSSR count). The smallest absolute Gasteiger partial charge is 0.273 e. The first-order chi connectivity index (χ1) is 16.8. The highest BCUT2D eigenvalue weighted by molar-refractivity contribution is 5.98. The van der Waals surface area contributed by atoms with Gasteiger partial charge in [-0.25, -0.2) is 4.98 Å². The number of fused-ring (bicyclic) bond motifs is 2. The minimum Gasteiger partial charge on any atom is -0.363 e. The van der Waals surface area contributed by atoms with E-state index in [0.29, 0.717) is 44.4 Å². The van der Waals surface area contributed by atoms with E-state index >= 15 is 0 Å². The number of aryl methyl sites for hydroxylation is 2. The predicted octanol–water partition coefficient (Wildman–Crippen LogP) is 3.56. The van der Waals surface area contributed by atoms with Crippen LogP contribution < -0.4 is 10.2 Å². The van der Waals surface area contributed by atoms with Gasteiger partial charge in [-0.2, -0.15) is 4.98 Å². The average Bonchev–Trinajstić information content (AvgIpc) is 3.20. The van der Waals surface area contributed by atoms with Crippen molar-refractivity contribution in [3.63, 3.8) is 0 Å². The summed E-state index contributed by atoms with van der Waals surface area (Å²) in [6.07, 6.45) is 4.85. The molecular weight excluding hydrogens is 440 g/mol. The van der Waals surface area contributed by atoms with Crippen molar-refractivity contribution in [1.29, 1.82) is 0 Å². The number of hydrogen-bond acceptors (Lipinski definition) is 6. The Hall–Kier alpha value is -3.16. The fourth-order valence-electron chi connectivity index (χ4n) is 5.39. The summed E-state index contributed by atoms with van der Waals surface area (Å²) < 4.78 is 0. The molecule has 0 unspecified atom stereocenters. The van der Waals surface area contributed by atoms with Crippen molar-refractivity contribution in [3.05, 3.63) is 46.1 Å². The Morgan fingerprint density at radius 1 is 1.00 bits per heavy atom. The van der Waals surface area contributed by atoms with Gasteiger partial charge in [-0.05, 0) is 63.1 Å². The van der Waals surface area contributed by atoms with Crippen LogP contribution in [0.3, 0.4) is 0 Å². The second-order valence-electron chi connectivity index (χ2n) is 10.3. The Labute approximate surface area is 207 Å². The molecule has 1 fully saturated rings. The fourth-order valence-corrected chi connectivity index (χ4v) is 5.39. The van der Waals surface area contributed by atoms with Gasteiger partial charge in [0.05, 0.1) is 6.54 Å². The van der Waals surface area contributed by atoms with Crippen molar-refractivity contribution in [2.45, 2.75) is 72.0 Å². The number of amides is 2. The van der Waals surface area contributed by atoms with Gasteiger partial charge >= 0.3 is 0 Å². The van der Waals surface area contributed by atoms with Crippen LogP contribution in [0.5, 0.6) is 0 Å². The third kappa shape index (κ3) is 4.58. The zero-order valence-corrected chi connectivity index (χ0v) is 21.3. The molecule has 1 aromatic heterocycles. The summed E-state index contributed by atoms with van der Waals surface area (Å²) in [4.78, 5) is 40.4. The van der Waals surface area contributed by atoms with E-state index in [9.17, 15) is 9.59 Å². The van der Waals surface area contributed by atoms with Gasteiger partial charge in [-0.1, -0.05) is 18.2 Å². The molecule has 2 aliphatic heterocycles. The molecule has 0 bridgehead atoms. The number of rotatable bonds is 5. The average molecular weight is 477 g/mol. The number of hydrogen-bond donors (Lipinski definition) is 1.